The van der Waals surface area contributed by atoms with Gasteiger partial charge in [0.2, 0.25) is 5.91 Å². The topological polar surface area (TPSA) is 82.6 Å². The van der Waals surface area contributed by atoms with E-state index in [-0.39, 0.29) is 29.5 Å². The molecule has 2 aromatic rings. The molecule has 28 heavy (non-hydrogen) atoms. The number of H-pyrrole nitrogens is 1. The Morgan fingerprint density at radius 2 is 2.00 bits per heavy atom. The molecule has 1 aromatic carbocycles. The van der Waals surface area contributed by atoms with Gasteiger partial charge in [-0.15, -0.1) is 0 Å². The molecule has 1 amide bonds. The molecule has 1 aliphatic rings. The molecule has 150 valence electrons. The predicted molar refractivity (Wildman–Crippen MR) is 108 cm³/mol. The van der Waals surface area contributed by atoms with E-state index in [0.29, 0.717) is 24.9 Å². The van der Waals surface area contributed by atoms with E-state index in [0.717, 1.165) is 22.4 Å². The molecule has 0 unspecified atom stereocenters. The molecule has 3 rings (SSSR count). The molecule has 0 radical (unpaired) electrons. The molecular formula is C22H28N2O4. The lowest BCUT2D eigenvalue weighted by Gasteiger charge is -2.28. The van der Waals surface area contributed by atoms with Crippen molar-refractivity contribution in [2.24, 2.45) is 0 Å². The Bertz CT molecular complexity index is 927. The highest BCUT2D eigenvalue weighted by Crippen LogP contribution is 2.38. The van der Waals surface area contributed by atoms with E-state index in [1.54, 1.807) is 30.3 Å². The lowest BCUT2D eigenvalue weighted by atomic mass is 9.83. The van der Waals surface area contributed by atoms with Crippen LogP contribution < -0.4 is 10.3 Å². The summed E-state index contributed by atoms with van der Waals surface area (Å²) in [6, 6.07) is 7.29. The van der Waals surface area contributed by atoms with Gasteiger partial charge in [0.1, 0.15) is 5.75 Å². The lowest BCUT2D eigenvalue weighted by molar-refractivity contribution is -0.130. The van der Waals surface area contributed by atoms with Crippen LogP contribution in [0.3, 0.4) is 0 Å². The zero-order valence-corrected chi connectivity index (χ0v) is 16.9. The predicted octanol–water partition coefficient (Wildman–Crippen LogP) is 2.83. The number of hydrogen-bond donors (Lipinski definition) is 2. The number of aromatic nitrogens is 1. The van der Waals surface area contributed by atoms with Crippen LogP contribution in [0, 0.1) is 0 Å². The Balaban J connectivity index is 2.18. The van der Waals surface area contributed by atoms with Gasteiger partial charge >= 0.3 is 0 Å². The molecule has 0 saturated carbocycles. The molecule has 1 fully saturated rings. The first-order chi connectivity index (χ1) is 13.3. The first kappa shape index (κ1) is 20.1. The van der Waals surface area contributed by atoms with Crippen molar-refractivity contribution in [3.63, 3.8) is 0 Å². The maximum atomic E-state index is 12.5. The highest BCUT2D eigenvalue weighted by molar-refractivity contribution is 5.79. The van der Waals surface area contributed by atoms with Crippen LogP contribution in [-0.2, 0) is 16.8 Å². The number of nitrogens with zero attached hydrogens (tertiary/aromatic N) is 1. The third kappa shape index (κ3) is 3.83. The summed E-state index contributed by atoms with van der Waals surface area (Å²) in [5, 5.41) is 9.64. The van der Waals surface area contributed by atoms with Crippen molar-refractivity contribution < 1.29 is 14.6 Å². The van der Waals surface area contributed by atoms with Gasteiger partial charge in [0.05, 0.1) is 19.8 Å². The summed E-state index contributed by atoms with van der Waals surface area (Å²) in [6.07, 6.45) is 2.68. The van der Waals surface area contributed by atoms with E-state index in [1.807, 2.05) is 12.1 Å². The summed E-state index contributed by atoms with van der Waals surface area (Å²) in [6.45, 7) is 6.54. The molecule has 0 spiro atoms. The summed E-state index contributed by atoms with van der Waals surface area (Å²) < 4.78 is 5.64. The number of carbonyl (C=O) groups is 1. The third-order valence-electron chi connectivity index (χ3n) is 5.35. The van der Waals surface area contributed by atoms with E-state index in [9.17, 15) is 14.7 Å². The van der Waals surface area contributed by atoms with Crippen LogP contribution >= 0.6 is 0 Å². The fourth-order valence-electron chi connectivity index (χ4n) is 3.78. The zero-order valence-electron chi connectivity index (χ0n) is 16.9. The maximum absolute atomic E-state index is 12.5. The number of pyridine rings is 1. The Morgan fingerprint density at radius 1 is 1.25 bits per heavy atom. The number of benzene rings is 1. The smallest absolute Gasteiger partial charge is 0.255 e. The molecule has 2 heterocycles. The summed E-state index contributed by atoms with van der Waals surface area (Å²) in [5.74, 6) is 0.747. The zero-order chi connectivity index (χ0) is 20.5. The molecular weight excluding hydrogens is 356 g/mol. The number of aliphatic hydroxyl groups excluding tert-OH is 1. The highest BCUT2D eigenvalue weighted by Gasteiger charge is 2.32. The van der Waals surface area contributed by atoms with Crippen LogP contribution in [0.4, 0.5) is 0 Å². The fourth-order valence-corrected chi connectivity index (χ4v) is 3.78. The van der Waals surface area contributed by atoms with Crippen molar-refractivity contribution in [1.29, 1.82) is 0 Å². The molecule has 1 saturated heterocycles. The minimum atomic E-state index is -0.192. The van der Waals surface area contributed by atoms with Gasteiger partial charge in [-0.1, -0.05) is 20.8 Å². The average Bonchev–Trinajstić information content (AvgIpc) is 3.01. The van der Waals surface area contributed by atoms with Crippen LogP contribution in [0.15, 0.2) is 35.3 Å². The Hall–Kier alpha value is -2.60. The molecule has 0 aliphatic carbocycles. The van der Waals surface area contributed by atoms with Crippen LogP contribution in [0.5, 0.6) is 5.75 Å². The standard InChI is InChI=1S/C22H28N2O4/c1-22(2,3)18-11-17(16-6-5-9-23-21(16)27)14(10-19(18)28-4)12-24-15(13-25)7-8-20(24)26/h5-6,9-11,15,25H,7-8,12-13H2,1-4H3,(H,23,27)/t15-/m1/s1. The van der Waals surface area contributed by atoms with Crippen LogP contribution in [0.1, 0.15) is 44.7 Å². The second-order valence-electron chi connectivity index (χ2n) is 8.27. The fraction of sp³-hybridized carbons (Fsp3) is 0.455. The van der Waals surface area contributed by atoms with E-state index in [2.05, 4.69) is 25.8 Å². The van der Waals surface area contributed by atoms with E-state index < -0.39 is 0 Å². The number of carbonyl (C=O) groups excluding carboxylic acids is 1. The molecule has 6 heteroatoms. The number of ether oxygens (including phenoxy) is 1. The van der Waals surface area contributed by atoms with E-state index >= 15 is 0 Å². The van der Waals surface area contributed by atoms with Crippen molar-refractivity contribution in [1.82, 2.24) is 9.88 Å². The van der Waals surface area contributed by atoms with Crippen LogP contribution in [0.2, 0.25) is 0 Å². The monoisotopic (exact) mass is 384 g/mol. The van der Waals surface area contributed by atoms with Gasteiger partial charge in [0.15, 0.2) is 0 Å². The first-order valence-electron chi connectivity index (χ1n) is 9.56. The highest BCUT2D eigenvalue weighted by atomic mass is 16.5. The Kier molecular flexibility index (Phi) is 5.61. The van der Waals surface area contributed by atoms with Crippen LogP contribution in [0.25, 0.3) is 11.1 Å². The molecule has 1 atom stereocenters. The Morgan fingerprint density at radius 3 is 2.61 bits per heavy atom. The Labute approximate surface area is 165 Å². The van der Waals surface area contributed by atoms with Crippen molar-refractivity contribution in [3.8, 4) is 16.9 Å². The van der Waals surface area contributed by atoms with Gasteiger partial charge in [-0.3, -0.25) is 9.59 Å². The summed E-state index contributed by atoms with van der Waals surface area (Å²) in [7, 11) is 1.63. The number of aromatic amines is 1. The van der Waals surface area contributed by atoms with Gasteiger partial charge in [-0.05, 0) is 47.2 Å². The maximum Gasteiger partial charge on any atom is 0.255 e. The lowest BCUT2D eigenvalue weighted by Crippen LogP contribution is -2.35. The number of rotatable bonds is 5. The van der Waals surface area contributed by atoms with E-state index in [4.69, 9.17) is 4.74 Å². The second kappa shape index (κ2) is 7.80. The number of aliphatic hydroxyl groups is 1. The van der Waals surface area contributed by atoms with Crippen molar-refractivity contribution in [3.05, 3.63) is 51.9 Å². The average molecular weight is 384 g/mol. The molecule has 6 nitrogen and oxygen atoms in total. The number of likely N-dealkylation sites (tertiary alicyclic amines) is 1. The van der Waals surface area contributed by atoms with Crippen molar-refractivity contribution in [2.45, 2.75) is 51.6 Å². The van der Waals surface area contributed by atoms with Gasteiger partial charge < -0.3 is 19.7 Å². The van der Waals surface area contributed by atoms with E-state index in [1.165, 1.54) is 0 Å². The minimum Gasteiger partial charge on any atom is -0.496 e. The number of hydrogen-bond acceptors (Lipinski definition) is 4. The number of nitrogens with one attached hydrogen (secondary N) is 1. The number of amides is 1. The van der Waals surface area contributed by atoms with Crippen molar-refractivity contribution >= 4 is 5.91 Å². The van der Waals surface area contributed by atoms with Gasteiger partial charge in [-0.25, -0.2) is 0 Å². The molecule has 2 N–H and O–H groups in total. The van der Waals surface area contributed by atoms with Crippen LogP contribution in [-0.4, -0.2) is 40.7 Å². The summed E-state index contributed by atoms with van der Waals surface area (Å²) in [4.78, 5) is 29.3. The summed E-state index contributed by atoms with van der Waals surface area (Å²) in [5.41, 5.74) is 2.79. The molecule has 1 aliphatic heterocycles. The largest absolute Gasteiger partial charge is 0.496 e. The molecule has 1 aromatic heterocycles. The number of methoxy groups -OCH3 is 1. The van der Waals surface area contributed by atoms with Gasteiger partial charge in [0, 0.05) is 30.3 Å². The third-order valence-corrected chi connectivity index (χ3v) is 5.35. The van der Waals surface area contributed by atoms with Crippen molar-refractivity contribution in [2.75, 3.05) is 13.7 Å². The van der Waals surface area contributed by atoms with Gasteiger partial charge in [0.25, 0.3) is 5.56 Å². The summed E-state index contributed by atoms with van der Waals surface area (Å²) >= 11 is 0. The SMILES string of the molecule is COc1cc(CN2C(=O)CC[C@@H]2CO)c(-c2ccc[nH]c2=O)cc1C(C)(C)C. The quantitative estimate of drug-likeness (QED) is 0.830. The minimum absolute atomic E-state index is 0.0193. The normalized spacial score (nSPS) is 17.2. The second-order valence-corrected chi connectivity index (χ2v) is 8.27. The molecule has 0 bridgehead atoms. The van der Waals surface area contributed by atoms with Gasteiger partial charge in [-0.2, -0.15) is 0 Å². The first-order valence-corrected chi connectivity index (χ1v) is 9.56.